The Balaban J connectivity index is 0.000000125. The van der Waals surface area contributed by atoms with Crippen molar-refractivity contribution >= 4 is 33.4 Å². The van der Waals surface area contributed by atoms with Gasteiger partial charge < -0.3 is 18.1 Å². The van der Waals surface area contributed by atoms with E-state index in [1.807, 2.05) is 45.2 Å². The van der Waals surface area contributed by atoms with Gasteiger partial charge in [0.05, 0.1) is 11.4 Å². The van der Waals surface area contributed by atoms with Gasteiger partial charge in [0.15, 0.2) is 24.2 Å². The van der Waals surface area contributed by atoms with Crippen molar-refractivity contribution in [1.29, 1.82) is 0 Å². The van der Waals surface area contributed by atoms with Crippen LogP contribution >= 0.6 is 0 Å². The number of rotatable bonds is 7. The molecule has 12 nitrogen and oxygen atoms in total. The average molecular weight is 1120 g/mol. The summed E-state index contributed by atoms with van der Waals surface area (Å²) < 4.78 is 19.0. The molecule has 0 atom stereocenters. The van der Waals surface area contributed by atoms with Crippen LogP contribution in [0, 0.1) is 40.0 Å². The topological polar surface area (TPSA) is 104 Å². The van der Waals surface area contributed by atoms with Crippen LogP contribution in [0.25, 0.3) is 113 Å². The number of hydrogen-bond acceptors (Lipinski definition) is 6. The highest BCUT2D eigenvalue weighted by molar-refractivity contribution is 6.03. The van der Waals surface area contributed by atoms with Gasteiger partial charge >= 0.3 is 0 Å². The minimum Gasteiger partial charge on any atom is -0.436 e. The number of aromatic nitrogens is 11. The molecular weight excluding hydrogens is 1050 g/mol. The number of aryl methyl sites for hydroxylation is 7. The standard InChI is InChI=1S/C26H32N5.C24H22N3.C23H20N3O/c1-16-20(22-14-19(12-13-30(22)7)15-26(4,5)6)10-9-11-21(16)24-29-23-17(2)27-18(3)28-25(23)31(24)8;1-16-18(21-13-6-7-14-26(21)2)11-8-12-19(16)24-25-23-20-10-5-4-9-17(20)15-22(23)27(24)3;1-15-16(19-12-6-7-14-25(19)2)10-8-11-17(15)22-24-23-21(26(22)3)18-9-4-5-13-20(18)27-23/h9-14H,15H2,1-8H3;4-14H,15H2,1-3H3;4-14H,1-3H3/q3*+1. The lowest BCUT2D eigenvalue weighted by molar-refractivity contribution is -0.660. The molecule has 8 aromatic heterocycles. The minimum absolute atomic E-state index is 0.248. The molecule has 0 radical (unpaired) electrons. The number of imidazole rings is 3. The van der Waals surface area contributed by atoms with Crippen LogP contribution in [0.15, 0.2) is 175 Å². The van der Waals surface area contributed by atoms with E-state index in [9.17, 15) is 0 Å². The van der Waals surface area contributed by atoms with Crippen LogP contribution in [-0.4, -0.2) is 38.6 Å². The second-order valence-electron chi connectivity index (χ2n) is 24.0. The highest BCUT2D eigenvalue weighted by Crippen LogP contribution is 2.41. The number of furan rings is 1. The Morgan fingerprint density at radius 2 is 1.00 bits per heavy atom. The second kappa shape index (κ2) is 22.1. The summed E-state index contributed by atoms with van der Waals surface area (Å²) in [5.74, 6) is 3.67. The van der Waals surface area contributed by atoms with E-state index in [1.165, 1.54) is 78.4 Å². The van der Waals surface area contributed by atoms with Crippen molar-refractivity contribution in [1.82, 2.24) is 38.6 Å². The molecule has 85 heavy (non-hydrogen) atoms. The van der Waals surface area contributed by atoms with Crippen molar-refractivity contribution in [3.8, 4) is 79.2 Å². The molecule has 0 amide bonds. The Labute approximate surface area is 498 Å². The molecule has 0 aliphatic heterocycles. The van der Waals surface area contributed by atoms with Gasteiger partial charge in [-0.1, -0.05) is 93.6 Å². The van der Waals surface area contributed by atoms with E-state index in [-0.39, 0.29) is 5.41 Å². The Morgan fingerprint density at radius 1 is 0.482 bits per heavy atom. The molecule has 12 heteroatoms. The van der Waals surface area contributed by atoms with Gasteiger partial charge in [0.2, 0.25) is 22.8 Å². The molecule has 0 fully saturated rings. The summed E-state index contributed by atoms with van der Waals surface area (Å²) in [4.78, 5) is 24.0. The summed E-state index contributed by atoms with van der Waals surface area (Å²) in [6.45, 7) is 17.3. The van der Waals surface area contributed by atoms with Gasteiger partial charge in [-0.15, -0.1) is 0 Å². The third-order valence-corrected chi connectivity index (χ3v) is 16.9. The summed E-state index contributed by atoms with van der Waals surface area (Å²) in [6.07, 6.45) is 8.33. The lowest BCUT2D eigenvalue weighted by Crippen LogP contribution is -2.31. The quantitative estimate of drug-likeness (QED) is 0.147. The molecule has 14 rings (SSSR count). The first kappa shape index (κ1) is 55.8. The Kier molecular flexibility index (Phi) is 14.5. The van der Waals surface area contributed by atoms with Gasteiger partial charge in [-0.3, -0.25) is 0 Å². The van der Waals surface area contributed by atoms with E-state index in [2.05, 4.69) is 260 Å². The van der Waals surface area contributed by atoms with Crippen molar-refractivity contribution in [3.05, 3.63) is 215 Å². The summed E-state index contributed by atoms with van der Waals surface area (Å²) >= 11 is 0. The van der Waals surface area contributed by atoms with Gasteiger partial charge in [0, 0.05) is 114 Å². The molecule has 0 spiro atoms. The molecule has 0 bridgehead atoms. The maximum Gasteiger partial charge on any atom is 0.246 e. The molecule has 1 aliphatic carbocycles. The normalized spacial score (nSPS) is 11.9. The number of hydrogen-bond donors (Lipinski definition) is 0. The molecule has 424 valence electrons. The minimum atomic E-state index is 0.248. The monoisotopic (exact) mass is 1120 g/mol. The predicted molar refractivity (Wildman–Crippen MR) is 341 cm³/mol. The number of pyridine rings is 3. The van der Waals surface area contributed by atoms with Crippen molar-refractivity contribution in [2.24, 2.45) is 47.7 Å². The molecule has 0 saturated carbocycles. The third-order valence-electron chi connectivity index (χ3n) is 16.9. The van der Waals surface area contributed by atoms with Crippen LogP contribution < -0.4 is 13.7 Å². The van der Waals surface area contributed by atoms with Gasteiger partial charge in [-0.2, -0.15) is 4.98 Å². The highest BCUT2D eigenvalue weighted by atomic mass is 16.3. The zero-order valence-corrected chi connectivity index (χ0v) is 51.4. The van der Waals surface area contributed by atoms with Crippen molar-refractivity contribution in [3.63, 3.8) is 0 Å². The maximum atomic E-state index is 5.97. The average Bonchev–Trinajstić information content (AvgIpc) is 1.94. The van der Waals surface area contributed by atoms with E-state index in [0.717, 1.165) is 86.3 Å². The summed E-state index contributed by atoms with van der Waals surface area (Å²) in [5, 5.41) is 1.09. The van der Waals surface area contributed by atoms with Crippen molar-refractivity contribution in [2.45, 2.75) is 68.2 Å². The van der Waals surface area contributed by atoms with E-state index in [1.54, 1.807) is 0 Å². The summed E-state index contributed by atoms with van der Waals surface area (Å²) in [5.41, 5.74) is 26.4. The van der Waals surface area contributed by atoms with Crippen LogP contribution in [0.4, 0.5) is 0 Å². The first-order chi connectivity index (χ1) is 40.8. The molecule has 8 heterocycles. The van der Waals surface area contributed by atoms with Crippen LogP contribution in [0.1, 0.15) is 65.8 Å². The molecule has 1 aliphatic rings. The van der Waals surface area contributed by atoms with Crippen molar-refractivity contribution < 1.29 is 18.1 Å². The lowest BCUT2D eigenvalue weighted by atomic mass is 9.87. The van der Waals surface area contributed by atoms with Crippen LogP contribution in [-0.2, 0) is 55.1 Å². The first-order valence-corrected chi connectivity index (χ1v) is 29.2. The predicted octanol–water partition coefficient (Wildman–Crippen LogP) is 14.3. The molecule has 0 unspecified atom stereocenters. The van der Waals surface area contributed by atoms with Gasteiger partial charge in [-0.05, 0) is 117 Å². The Hall–Kier alpha value is -9.68. The number of nitrogens with zero attached hydrogens (tertiary/aromatic N) is 11. The van der Waals surface area contributed by atoms with Crippen LogP contribution in [0.5, 0.6) is 0 Å². The number of fused-ring (bicyclic) bond motifs is 7. The van der Waals surface area contributed by atoms with Gasteiger partial charge in [-0.25, -0.2) is 33.6 Å². The largest absolute Gasteiger partial charge is 0.436 e. The van der Waals surface area contributed by atoms with E-state index in [4.69, 9.17) is 19.4 Å². The number of benzene rings is 5. The smallest absolute Gasteiger partial charge is 0.246 e. The zero-order valence-electron chi connectivity index (χ0n) is 51.4. The molecule has 5 aromatic carbocycles. The fraction of sp³-hybridized carbons (Fsp3) is 0.233. The zero-order chi connectivity index (χ0) is 59.6. The number of para-hydroxylation sites is 1. The van der Waals surface area contributed by atoms with Crippen LogP contribution in [0.3, 0.4) is 0 Å². The van der Waals surface area contributed by atoms with Crippen LogP contribution in [0.2, 0.25) is 0 Å². The molecule has 0 saturated heterocycles. The molecule has 13 aromatic rings. The Bertz CT molecular complexity index is 4730. The lowest BCUT2D eigenvalue weighted by Gasteiger charge is -2.18. The fourth-order valence-electron chi connectivity index (χ4n) is 12.5. The SMILES string of the molecule is Cc1c(-c2nc3c(n2C)Cc2ccccc2-3)cccc1-c1cccc[n+]1C.Cc1c(-c2nc3oc4ccccc4c3n2C)cccc1-c1cccc[n+]1C.Cc1nc(C)c2nc(-c3cccc(-c4cc(CC(C)(C)C)cc[n+]4C)c3C)n(C)c2n1. The summed E-state index contributed by atoms with van der Waals surface area (Å²) in [6, 6.07) is 53.2. The third kappa shape index (κ3) is 10.3. The summed E-state index contributed by atoms with van der Waals surface area (Å²) in [7, 11) is 12.5. The highest BCUT2D eigenvalue weighted by Gasteiger charge is 2.28. The van der Waals surface area contributed by atoms with E-state index in [0.29, 0.717) is 5.71 Å². The van der Waals surface area contributed by atoms with E-state index >= 15 is 0 Å². The van der Waals surface area contributed by atoms with E-state index < -0.39 is 0 Å². The Morgan fingerprint density at radius 3 is 1.61 bits per heavy atom. The fourth-order valence-corrected chi connectivity index (χ4v) is 12.5. The molecule has 0 N–H and O–H groups in total. The maximum absolute atomic E-state index is 5.97. The second-order valence-corrected chi connectivity index (χ2v) is 24.0. The van der Waals surface area contributed by atoms with Gasteiger partial charge in [0.1, 0.15) is 61.1 Å². The first-order valence-electron chi connectivity index (χ1n) is 29.2. The molecular formula is C73H74N11O+3. The van der Waals surface area contributed by atoms with Crippen molar-refractivity contribution in [2.75, 3.05) is 0 Å². The van der Waals surface area contributed by atoms with Gasteiger partial charge in [0.25, 0.3) is 0 Å².